The molecule has 0 heterocycles. The van der Waals surface area contributed by atoms with Crippen molar-refractivity contribution >= 4 is 25.9 Å². The van der Waals surface area contributed by atoms with Gasteiger partial charge in [-0.2, -0.15) is 0 Å². The molecule has 0 spiro atoms. The average Bonchev–Trinajstić information content (AvgIpc) is 3.78. The zero-order valence-electron chi connectivity index (χ0n) is 47.9. The first-order chi connectivity index (χ1) is 33.9. The van der Waals surface area contributed by atoms with Crippen molar-refractivity contribution in [3.8, 4) is 22.3 Å². The summed E-state index contributed by atoms with van der Waals surface area (Å²) in [6.07, 6.45) is 36.1. The van der Waals surface area contributed by atoms with E-state index in [9.17, 15) is 10.2 Å². The first kappa shape index (κ1) is 59.5. The van der Waals surface area contributed by atoms with Gasteiger partial charge in [-0.25, -0.2) is 0 Å². The molecular formula is C65H104B2O4. The minimum atomic E-state index is -0.996. The Labute approximate surface area is 439 Å². The first-order valence-corrected chi connectivity index (χ1v) is 29.8. The lowest BCUT2D eigenvalue weighted by Gasteiger charge is -2.37. The summed E-state index contributed by atoms with van der Waals surface area (Å²) >= 11 is 0. The molecule has 3 aromatic rings. The van der Waals surface area contributed by atoms with Gasteiger partial charge in [0, 0.05) is 11.3 Å². The molecule has 6 heteroatoms. The van der Waals surface area contributed by atoms with Crippen molar-refractivity contribution in [2.24, 2.45) is 5.92 Å². The van der Waals surface area contributed by atoms with Crippen molar-refractivity contribution in [2.75, 3.05) is 0 Å². The van der Waals surface area contributed by atoms with Gasteiger partial charge in [0.05, 0.1) is 22.4 Å². The van der Waals surface area contributed by atoms with E-state index in [1.165, 1.54) is 206 Å². The Morgan fingerprint density at radius 1 is 0.437 bits per heavy atom. The van der Waals surface area contributed by atoms with E-state index in [-0.39, 0.29) is 5.41 Å². The Balaban J connectivity index is 1.68. The Morgan fingerprint density at radius 3 is 1.27 bits per heavy atom. The van der Waals surface area contributed by atoms with Crippen molar-refractivity contribution in [1.82, 2.24) is 0 Å². The minimum Gasteiger partial charge on any atom is -0.427 e. The minimum absolute atomic E-state index is 0.0936. The Morgan fingerprint density at radius 2 is 0.817 bits per heavy atom. The molecule has 0 aromatic heterocycles. The van der Waals surface area contributed by atoms with Crippen LogP contribution < -0.4 is 10.9 Å². The molecular weight excluding hydrogens is 866 g/mol. The zero-order valence-corrected chi connectivity index (χ0v) is 47.9. The van der Waals surface area contributed by atoms with E-state index in [2.05, 4.69) is 76.2 Å². The van der Waals surface area contributed by atoms with Crippen LogP contribution in [-0.4, -0.2) is 47.6 Å². The van der Waals surface area contributed by atoms with Gasteiger partial charge in [0.2, 0.25) is 0 Å². The number of benzene rings is 3. The van der Waals surface area contributed by atoms with E-state index in [0.29, 0.717) is 11.8 Å². The van der Waals surface area contributed by atoms with E-state index >= 15 is 0 Å². The fourth-order valence-corrected chi connectivity index (χ4v) is 11.6. The van der Waals surface area contributed by atoms with Crippen LogP contribution in [0, 0.1) is 5.92 Å². The molecule has 0 saturated heterocycles. The molecule has 5 rings (SSSR count). The van der Waals surface area contributed by atoms with E-state index in [4.69, 9.17) is 9.31 Å². The largest absolute Gasteiger partial charge is 0.427 e. The summed E-state index contributed by atoms with van der Waals surface area (Å²) in [6.45, 7) is 24.6. The molecule has 71 heavy (non-hydrogen) atoms. The van der Waals surface area contributed by atoms with Crippen molar-refractivity contribution < 1.29 is 19.5 Å². The van der Waals surface area contributed by atoms with Gasteiger partial charge in [-0.05, 0) is 144 Å². The number of unbranched alkanes of at least 4 members (excludes halogenated alkanes) is 20. The summed E-state index contributed by atoms with van der Waals surface area (Å²) in [6, 6.07) is 19.8. The third kappa shape index (κ3) is 15.8. The molecule has 0 aliphatic heterocycles. The number of hydrogen-bond acceptors (Lipinski definition) is 4. The highest BCUT2D eigenvalue weighted by atomic mass is 16.5. The highest BCUT2D eigenvalue weighted by molar-refractivity contribution is 6.47. The molecule has 1 unspecified atom stereocenters. The van der Waals surface area contributed by atoms with Gasteiger partial charge in [0.1, 0.15) is 0 Å². The fourth-order valence-electron chi connectivity index (χ4n) is 11.6. The molecule has 0 saturated carbocycles. The smallest absolute Gasteiger partial charge is 0.330 e. The number of rotatable bonds is 37. The maximum absolute atomic E-state index is 11.1. The Kier molecular flexibility index (Phi) is 23.4. The molecule has 0 bridgehead atoms. The van der Waals surface area contributed by atoms with Gasteiger partial charge in [0.25, 0.3) is 0 Å². The van der Waals surface area contributed by atoms with Crippen LogP contribution in [0.5, 0.6) is 0 Å². The number of hydrogen-bond donors (Lipinski definition) is 2. The Bertz CT molecular complexity index is 2010. The lowest BCUT2D eigenvalue weighted by Crippen LogP contribution is -2.49. The van der Waals surface area contributed by atoms with Gasteiger partial charge in [-0.3, -0.25) is 0 Å². The van der Waals surface area contributed by atoms with Crippen LogP contribution >= 0.6 is 0 Å². The molecule has 2 aliphatic carbocycles. The van der Waals surface area contributed by atoms with Gasteiger partial charge in [0.15, 0.2) is 0 Å². The average molecular weight is 971 g/mol. The summed E-state index contributed by atoms with van der Waals surface area (Å²) in [7, 11) is 3.84. The molecule has 2 N–H and O–H groups in total. The van der Waals surface area contributed by atoms with Crippen LogP contribution in [0.25, 0.3) is 22.3 Å². The van der Waals surface area contributed by atoms with Crippen molar-refractivity contribution in [2.45, 2.75) is 297 Å². The predicted molar refractivity (Wildman–Crippen MR) is 309 cm³/mol. The normalized spacial score (nSPS) is 15.3. The summed E-state index contributed by atoms with van der Waals surface area (Å²) in [5.74, 6) is 0.868. The third-order valence-corrected chi connectivity index (χ3v) is 17.8. The second-order valence-corrected chi connectivity index (χ2v) is 24.7. The first-order valence-electron chi connectivity index (χ1n) is 29.8. The maximum Gasteiger partial charge on any atom is 0.330 e. The fraction of sp³-hybridized carbons (Fsp3) is 0.723. The second-order valence-electron chi connectivity index (χ2n) is 24.7. The van der Waals surface area contributed by atoms with Crippen LogP contribution in [0.3, 0.4) is 0 Å². The molecule has 2 aliphatic rings. The summed E-state index contributed by atoms with van der Waals surface area (Å²) in [5, 5.41) is 22.1. The lowest BCUT2D eigenvalue weighted by molar-refractivity contribution is -0.0893. The Hall–Kier alpha value is -2.37. The molecule has 0 amide bonds. The van der Waals surface area contributed by atoms with Crippen molar-refractivity contribution in [3.63, 3.8) is 0 Å². The van der Waals surface area contributed by atoms with E-state index in [0.717, 1.165) is 23.8 Å². The number of fused-ring (bicyclic) bond motifs is 6. The van der Waals surface area contributed by atoms with Crippen LogP contribution in [0.2, 0.25) is 0 Å². The molecule has 2 radical (unpaired) electrons. The van der Waals surface area contributed by atoms with E-state index < -0.39 is 22.4 Å². The maximum atomic E-state index is 11.1. The van der Waals surface area contributed by atoms with Crippen molar-refractivity contribution in [1.29, 1.82) is 0 Å². The zero-order chi connectivity index (χ0) is 51.7. The molecule has 3 aromatic carbocycles. The van der Waals surface area contributed by atoms with E-state index in [1.807, 2.05) is 70.4 Å². The van der Waals surface area contributed by atoms with Crippen LogP contribution in [0.4, 0.5) is 0 Å². The SMILES string of the molecule is CCCCCCCCC(CCCCCCCC)C1c2cc([B]OC(C)(C)C(C)(C)O)ccc2-c2cc3c(cc21)-c1ccc([B]OC(C)(C)C(C)(C)O)cc1C3(CCCCCCCC)CCCCCCCC. The molecule has 4 nitrogen and oxygen atoms in total. The van der Waals surface area contributed by atoms with E-state index in [1.54, 1.807) is 5.56 Å². The summed E-state index contributed by atoms with van der Waals surface area (Å²) in [4.78, 5) is 0. The third-order valence-electron chi connectivity index (χ3n) is 17.8. The molecule has 1 atom stereocenters. The topological polar surface area (TPSA) is 58.9 Å². The van der Waals surface area contributed by atoms with Crippen LogP contribution in [-0.2, 0) is 14.7 Å². The number of aliphatic hydroxyl groups is 2. The van der Waals surface area contributed by atoms with Gasteiger partial charge < -0.3 is 19.5 Å². The van der Waals surface area contributed by atoms with Gasteiger partial charge in [-0.1, -0.05) is 229 Å². The summed E-state index contributed by atoms with van der Waals surface area (Å²) in [5.41, 5.74) is 10.3. The standard InChI is InChI=1S/C65H104B2O4/c1-13-17-21-25-29-33-37-49(38-34-30-26-22-18-14-2)60-56-45-50(66-70-63(9,10)61(5,6)68)39-41-52(56)54-48-59-55(47-57(54)60)53-42-40-51(67-71-64(11,12)62(7,8)69)46-58(53)65(59,43-35-31-27-23-19-15-3)44-36-32-28-24-20-16-4/h39-42,45-49,60,68-69H,13-38,43-44H2,1-12H3. The van der Waals surface area contributed by atoms with Crippen LogP contribution in [0.1, 0.15) is 291 Å². The molecule has 0 fully saturated rings. The summed E-state index contributed by atoms with van der Waals surface area (Å²) < 4.78 is 13.0. The van der Waals surface area contributed by atoms with Crippen molar-refractivity contribution in [3.05, 3.63) is 70.8 Å². The molecule has 394 valence electrons. The highest BCUT2D eigenvalue weighted by Crippen LogP contribution is 2.59. The lowest BCUT2D eigenvalue weighted by atomic mass is 9.69. The highest BCUT2D eigenvalue weighted by Gasteiger charge is 2.46. The second kappa shape index (κ2) is 28.0. The van der Waals surface area contributed by atoms with Gasteiger partial charge in [-0.15, -0.1) is 0 Å². The predicted octanol–water partition coefficient (Wildman–Crippen LogP) is 17.3. The van der Waals surface area contributed by atoms with Gasteiger partial charge >= 0.3 is 15.0 Å². The van der Waals surface area contributed by atoms with Crippen LogP contribution in [0.15, 0.2) is 48.5 Å². The quantitative estimate of drug-likeness (QED) is 0.0446. The monoisotopic (exact) mass is 971 g/mol.